The highest BCUT2D eigenvalue weighted by Gasteiger charge is 2.51. The van der Waals surface area contributed by atoms with Crippen molar-refractivity contribution in [2.75, 3.05) is 7.05 Å². The summed E-state index contributed by atoms with van der Waals surface area (Å²) < 4.78 is 19.8. The van der Waals surface area contributed by atoms with Gasteiger partial charge in [0.1, 0.15) is 17.2 Å². The second-order valence-electron chi connectivity index (χ2n) is 10.8. The van der Waals surface area contributed by atoms with Gasteiger partial charge in [-0.25, -0.2) is 4.39 Å². The summed E-state index contributed by atoms with van der Waals surface area (Å²) in [6.45, 7) is 2.12. The molecule has 0 aliphatic heterocycles. The van der Waals surface area contributed by atoms with Gasteiger partial charge in [-0.05, 0) is 103 Å². The van der Waals surface area contributed by atoms with E-state index >= 15 is 0 Å². The van der Waals surface area contributed by atoms with Crippen LogP contribution in [0.2, 0.25) is 0 Å². The first-order valence-corrected chi connectivity index (χ1v) is 13.4. The number of furan rings is 1. The summed E-state index contributed by atoms with van der Waals surface area (Å²) >= 11 is 0. The molecule has 1 heterocycles. The largest absolute Gasteiger partial charge is 0.455 e. The van der Waals surface area contributed by atoms with E-state index in [4.69, 9.17) is 4.42 Å². The van der Waals surface area contributed by atoms with Gasteiger partial charge in [-0.3, -0.25) is 9.59 Å². The molecule has 1 aromatic heterocycles. The lowest BCUT2D eigenvalue weighted by Gasteiger charge is -2.39. The number of hydrogen-bond donors (Lipinski definition) is 2. The molecular formula is C32H31FN2O3. The fraction of sp³-hybridized carbons (Fsp3) is 0.312. The number of hydrogen-bond acceptors (Lipinski definition) is 3. The number of amides is 2. The van der Waals surface area contributed by atoms with Crippen molar-refractivity contribution in [1.29, 1.82) is 0 Å². The molecule has 2 bridgehead atoms. The summed E-state index contributed by atoms with van der Waals surface area (Å²) in [5, 5.41) is 6.71. The third-order valence-corrected chi connectivity index (χ3v) is 8.20. The maximum absolute atomic E-state index is 13.6. The Labute approximate surface area is 221 Å². The van der Waals surface area contributed by atoms with Crippen molar-refractivity contribution in [3.63, 3.8) is 0 Å². The minimum atomic E-state index is -0.354. The van der Waals surface area contributed by atoms with E-state index in [-0.39, 0.29) is 23.2 Å². The Morgan fingerprint density at radius 1 is 1.03 bits per heavy atom. The zero-order valence-corrected chi connectivity index (χ0v) is 21.7. The highest BCUT2D eigenvalue weighted by Crippen LogP contribution is 2.52. The van der Waals surface area contributed by atoms with Gasteiger partial charge in [0.15, 0.2) is 0 Å². The Balaban J connectivity index is 1.45. The Morgan fingerprint density at radius 3 is 2.50 bits per heavy atom. The summed E-state index contributed by atoms with van der Waals surface area (Å²) in [5.41, 5.74) is 5.23. The van der Waals surface area contributed by atoms with E-state index in [0.29, 0.717) is 33.4 Å². The van der Waals surface area contributed by atoms with E-state index in [1.54, 1.807) is 19.2 Å². The molecule has 2 amide bonds. The molecule has 4 aromatic rings. The van der Waals surface area contributed by atoms with Crippen LogP contribution in [0.15, 0.2) is 65.1 Å². The quantitative estimate of drug-likeness (QED) is 0.284. The lowest BCUT2D eigenvalue weighted by atomic mass is 9.77. The van der Waals surface area contributed by atoms with Gasteiger partial charge in [0.05, 0.1) is 5.56 Å². The second-order valence-corrected chi connectivity index (χ2v) is 10.8. The lowest BCUT2D eigenvalue weighted by molar-refractivity contribution is 0.0840. The van der Waals surface area contributed by atoms with Crippen LogP contribution in [0.3, 0.4) is 0 Å². The van der Waals surface area contributed by atoms with Crippen LogP contribution in [-0.2, 0) is 6.42 Å². The first-order chi connectivity index (χ1) is 18.4. The summed E-state index contributed by atoms with van der Waals surface area (Å²) in [4.78, 5) is 26.2. The molecule has 2 N–H and O–H groups in total. The number of fused-ring (bicyclic) bond motifs is 2. The summed E-state index contributed by atoms with van der Waals surface area (Å²) in [5.74, 6) is 0.515. The molecule has 0 radical (unpaired) electrons. The molecule has 3 saturated carbocycles. The fourth-order valence-electron chi connectivity index (χ4n) is 6.32. The van der Waals surface area contributed by atoms with Crippen molar-refractivity contribution >= 4 is 22.8 Å². The Bertz CT molecular complexity index is 1540. The van der Waals surface area contributed by atoms with Gasteiger partial charge in [0.2, 0.25) is 0 Å². The number of carbonyl (C=O) groups is 2. The monoisotopic (exact) mass is 510 g/mol. The first kappa shape index (κ1) is 24.4. The molecule has 3 aliphatic carbocycles. The Hall–Kier alpha value is -3.93. The van der Waals surface area contributed by atoms with Crippen molar-refractivity contribution in [3.8, 4) is 22.5 Å². The van der Waals surface area contributed by atoms with Gasteiger partial charge in [0.25, 0.3) is 11.8 Å². The zero-order valence-electron chi connectivity index (χ0n) is 21.7. The minimum Gasteiger partial charge on any atom is -0.455 e. The molecule has 0 atom stereocenters. The van der Waals surface area contributed by atoms with Crippen LogP contribution in [0.4, 0.5) is 4.39 Å². The standard InChI is InChI=1S/C32H31FN2O3/c1-3-5-21-15-27-26(28(31(37)34-2)29(38-27)20-8-10-24(33)11-9-20)16-25(21)22-6-4-7-23(14-22)30(36)35-32-13-12-19(17-32)18-32/h4,6-11,14-16,19H,3,5,12-13,17-18H2,1-2H3,(H,34,37)(H,35,36). The number of benzene rings is 3. The topological polar surface area (TPSA) is 71.3 Å². The van der Waals surface area contributed by atoms with Crippen LogP contribution in [0.1, 0.15) is 65.3 Å². The number of carbonyl (C=O) groups excluding carboxylic acids is 2. The predicted molar refractivity (Wildman–Crippen MR) is 147 cm³/mol. The van der Waals surface area contributed by atoms with Crippen LogP contribution >= 0.6 is 0 Å². The van der Waals surface area contributed by atoms with Gasteiger partial charge >= 0.3 is 0 Å². The molecule has 7 rings (SSSR count). The number of halogens is 1. The smallest absolute Gasteiger partial charge is 0.255 e. The van der Waals surface area contributed by atoms with Gasteiger partial charge in [-0.2, -0.15) is 0 Å². The van der Waals surface area contributed by atoms with Crippen LogP contribution in [-0.4, -0.2) is 24.4 Å². The maximum Gasteiger partial charge on any atom is 0.255 e. The molecular weight excluding hydrogens is 479 g/mol. The van der Waals surface area contributed by atoms with Crippen molar-refractivity contribution in [3.05, 3.63) is 83.2 Å². The lowest BCUT2D eigenvalue weighted by Crippen LogP contribution is -2.51. The molecule has 3 aromatic carbocycles. The van der Waals surface area contributed by atoms with Crippen molar-refractivity contribution in [2.24, 2.45) is 5.92 Å². The van der Waals surface area contributed by atoms with Crippen LogP contribution in [0.5, 0.6) is 0 Å². The van der Waals surface area contributed by atoms with Crippen LogP contribution in [0, 0.1) is 11.7 Å². The van der Waals surface area contributed by atoms with Crippen molar-refractivity contribution < 1.29 is 18.4 Å². The second kappa shape index (κ2) is 9.43. The highest BCUT2D eigenvalue weighted by atomic mass is 19.1. The van der Waals surface area contributed by atoms with E-state index < -0.39 is 0 Å². The first-order valence-electron chi connectivity index (χ1n) is 13.4. The summed E-state index contributed by atoms with van der Waals surface area (Å²) in [6, 6.07) is 17.6. The Kier molecular flexibility index (Phi) is 6.05. The number of nitrogens with one attached hydrogen (secondary N) is 2. The van der Waals surface area contributed by atoms with E-state index in [2.05, 4.69) is 17.6 Å². The molecule has 0 saturated heterocycles. The van der Waals surface area contributed by atoms with Gasteiger partial charge in [-0.15, -0.1) is 0 Å². The maximum atomic E-state index is 13.6. The Morgan fingerprint density at radius 2 is 1.82 bits per heavy atom. The molecule has 0 unspecified atom stereocenters. The molecule has 194 valence electrons. The number of rotatable bonds is 7. The molecule has 3 fully saturated rings. The van der Waals surface area contributed by atoms with Crippen LogP contribution < -0.4 is 10.6 Å². The zero-order chi connectivity index (χ0) is 26.4. The van der Waals surface area contributed by atoms with Crippen molar-refractivity contribution in [1.82, 2.24) is 10.6 Å². The van der Waals surface area contributed by atoms with E-state index in [0.717, 1.165) is 54.7 Å². The highest BCUT2D eigenvalue weighted by molar-refractivity contribution is 6.12. The van der Waals surface area contributed by atoms with E-state index in [9.17, 15) is 14.0 Å². The fourth-order valence-corrected chi connectivity index (χ4v) is 6.32. The molecule has 6 heteroatoms. The molecule has 0 spiro atoms. The predicted octanol–water partition coefficient (Wildman–Crippen LogP) is 6.89. The summed E-state index contributed by atoms with van der Waals surface area (Å²) in [7, 11) is 1.58. The van der Waals surface area contributed by atoms with Gasteiger partial charge < -0.3 is 15.1 Å². The molecule has 3 aliphatic rings. The van der Waals surface area contributed by atoms with Gasteiger partial charge in [-0.1, -0.05) is 25.5 Å². The minimum absolute atomic E-state index is 0.0139. The SMILES string of the molecule is CCCc1cc2oc(-c3ccc(F)cc3)c(C(=O)NC)c2cc1-c1cccc(C(=O)NC23CCC(C2)C3)c1. The average molecular weight is 511 g/mol. The van der Waals surface area contributed by atoms with Crippen LogP contribution in [0.25, 0.3) is 33.4 Å². The number of aryl methyl sites for hydroxylation is 1. The average Bonchev–Trinajstić information content (AvgIpc) is 3.61. The van der Waals surface area contributed by atoms with E-state index in [1.165, 1.54) is 18.6 Å². The third kappa shape index (κ3) is 4.18. The summed E-state index contributed by atoms with van der Waals surface area (Å²) in [6.07, 6.45) is 6.20. The molecule has 5 nitrogen and oxygen atoms in total. The normalized spacial score (nSPS) is 19.8. The van der Waals surface area contributed by atoms with E-state index in [1.807, 2.05) is 36.4 Å². The van der Waals surface area contributed by atoms with Gasteiger partial charge in [0, 0.05) is 29.1 Å². The molecule has 38 heavy (non-hydrogen) atoms. The third-order valence-electron chi connectivity index (χ3n) is 8.20. The van der Waals surface area contributed by atoms with Crippen molar-refractivity contribution in [2.45, 2.75) is 51.0 Å².